The van der Waals surface area contributed by atoms with E-state index in [2.05, 4.69) is 5.10 Å². The average molecular weight is 317 g/mol. The van der Waals surface area contributed by atoms with E-state index in [1.807, 2.05) is 30.3 Å². The molecule has 0 N–H and O–H groups in total. The van der Waals surface area contributed by atoms with Crippen molar-refractivity contribution < 1.29 is 14.3 Å². The van der Waals surface area contributed by atoms with Gasteiger partial charge in [0.25, 0.3) is 5.91 Å². The van der Waals surface area contributed by atoms with E-state index in [1.54, 1.807) is 19.1 Å². The van der Waals surface area contributed by atoms with Crippen LogP contribution in [-0.2, 0) is 20.9 Å². The number of nitrogens with zero attached hydrogens (tertiary/aromatic N) is 3. The van der Waals surface area contributed by atoms with Crippen molar-refractivity contribution in [3.8, 4) is 0 Å². The molecule has 124 valence electrons. The van der Waals surface area contributed by atoms with Crippen molar-refractivity contribution in [1.82, 2.24) is 9.91 Å². The quantitative estimate of drug-likeness (QED) is 0.719. The molecule has 2 amide bonds. The lowest BCUT2D eigenvalue weighted by atomic mass is 10.1. The van der Waals surface area contributed by atoms with Crippen molar-refractivity contribution in [2.24, 2.45) is 5.10 Å². The van der Waals surface area contributed by atoms with Crippen LogP contribution in [0.2, 0.25) is 0 Å². The number of rotatable bonds is 7. The topological polar surface area (TPSA) is 62.2 Å². The van der Waals surface area contributed by atoms with Gasteiger partial charge in [-0.25, -0.2) is 5.01 Å². The van der Waals surface area contributed by atoms with Gasteiger partial charge in [-0.2, -0.15) is 5.10 Å². The van der Waals surface area contributed by atoms with Crippen LogP contribution in [0.1, 0.15) is 24.8 Å². The highest BCUT2D eigenvalue weighted by Crippen LogP contribution is 2.14. The molecule has 1 heterocycles. The maximum Gasteiger partial charge on any atom is 0.269 e. The molecule has 0 spiro atoms. The second-order valence-electron chi connectivity index (χ2n) is 5.56. The van der Waals surface area contributed by atoms with E-state index in [9.17, 15) is 9.59 Å². The average Bonchev–Trinajstić information content (AvgIpc) is 2.57. The molecule has 2 rings (SSSR count). The predicted octanol–water partition coefficient (Wildman–Crippen LogP) is 1.66. The van der Waals surface area contributed by atoms with E-state index in [4.69, 9.17) is 4.74 Å². The number of carbonyl (C=O) groups is 2. The van der Waals surface area contributed by atoms with Gasteiger partial charge in [0.05, 0.1) is 6.54 Å². The summed E-state index contributed by atoms with van der Waals surface area (Å²) in [4.78, 5) is 26.1. The Morgan fingerprint density at radius 2 is 2.04 bits per heavy atom. The number of hydrogen-bond donors (Lipinski definition) is 0. The molecule has 0 aromatic heterocycles. The molecule has 1 aromatic carbocycles. The molecule has 0 bridgehead atoms. The Morgan fingerprint density at radius 3 is 2.74 bits per heavy atom. The summed E-state index contributed by atoms with van der Waals surface area (Å²) in [6, 6.07) is 9.65. The molecule has 0 unspecified atom stereocenters. The Bertz CT molecular complexity index is 572. The minimum absolute atomic E-state index is 0.0487. The third-order valence-electron chi connectivity index (χ3n) is 3.72. The number of hydrogen-bond acceptors (Lipinski definition) is 4. The molecule has 0 radical (unpaired) electrons. The zero-order chi connectivity index (χ0) is 16.7. The Hall–Kier alpha value is -2.21. The highest BCUT2D eigenvalue weighted by molar-refractivity contribution is 6.39. The first-order chi connectivity index (χ1) is 11.1. The van der Waals surface area contributed by atoms with Crippen molar-refractivity contribution >= 4 is 17.5 Å². The summed E-state index contributed by atoms with van der Waals surface area (Å²) in [5.74, 6) is -0.167. The van der Waals surface area contributed by atoms with Crippen LogP contribution in [0.3, 0.4) is 0 Å². The summed E-state index contributed by atoms with van der Waals surface area (Å²) in [5.41, 5.74) is 1.44. The highest BCUT2D eigenvalue weighted by Gasteiger charge is 2.26. The summed E-state index contributed by atoms with van der Waals surface area (Å²) in [6.07, 6.45) is 1.50. The van der Waals surface area contributed by atoms with Gasteiger partial charge in [-0.15, -0.1) is 0 Å². The first-order valence-electron chi connectivity index (χ1n) is 7.78. The zero-order valence-corrected chi connectivity index (χ0v) is 13.7. The normalized spacial score (nSPS) is 14.6. The first kappa shape index (κ1) is 17.1. The number of benzene rings is 1. The van der Waals surface area contributed by atoms with Gasteiger partial charge in [-0.1, -0.05) is 30.3 Å². The summed E-state index contributed by atoms with van der Waals surface area (Å²) < 4.78 is 4.99. The van der Waals surface area contributed by atoms with Crippen molar-refractivity contribution in [2.75, 3.05) is 27.3 Å². The Kier molecular flexibility index (Phi) is 6.29. The van der Waals surface area contributed by atoms with E-state index in [1.165, 1.54) is 5.01 Å². The molecular weight excluding hydrogens is 294 g/mol. The molecule has 0 fully saturated rings. The summed E-state index contributed by atoms with van der Waals surface area (Å²) in [6.45, 7) is 1.62. The molecule has 0 saturated carbocycles. The molecular formula is C17H23N3O3. The van der Waals surface area contributed by atoms with Crippen molar-refractivity contribution in [3.05, 3.63) is 35.9 Å². The van der Waals surface area contributed by atoms with Gasteiger partial charge in [0.1, 0.15) is 5.71 Å². The third kappa shape index (κ3) is 4.89. The van der Waals surface area contributed by atoms with Crippen LogP contribution >= 0.6 is 0 Å². The number of carbonyl (C=O) groups excluding carboxylic acids is 2. The summed E-state index contributed by atoms with van der Waals surface area (Å²) in [7, 11) is 3.39. The monoisotopic (exact) mass is 317 g/mol. The lowest BCUT2D eigenvalue weighted by Crippen LogP contribution is -2.40. The number of ether oxygens (including phenoxy) is 1. The zero-order valence-electron chi connectivity index (χ0n) is 13.7. The van der Waals surface area contributed by atoms with Crippen LogP contribution in [0.5, 0.6) is 0 Å². The van der Waals surface area contributed by atoms with Crippen molar-refractivity contribution in [3.63, 3.8) is 0 Å². The van der Waals surface area contributed by atoms with Crippen LogP contribution < -0.4 is 0 Å². The van der Waals surface area contributed by atoms with Gasteiger partial charge in [0, 0.05) is 40.2 Å². The maximum absolute atomic E-state index is 12.4. The van der Waals surface area contributed by atoms with Crippen LogP contribution in [0.25, 0.3) is 0 Å². The SMILES string of the molecule is COCCCN(C)C(=O)C1=NN(Cc2ccccc2)C(=O)CC1. The Balaban J connectivity index is 2.02. The lowest BCUT2D eigenvalue weighted by molar-refractivity contribution is -0.132. The lowest BCUT2D eigenvalue weighted by Gasteiger charge is -2.25. The third-order valence-corrected chi connectivity index (χ3v) is 3.72. The van der Waals surface area contributed by atoms with Gasteiger partial charge >= 0.3 is 0 Å². The Morgan fingerprint density at radius 1 is 1.30 bits per heavy atom. The molecule has 0 aliphatic carbocycles. The highest BCUT2D eigenvalue weighted by atomic mass is 16.5. The fraction of sp³-hybridized carbons (Fsp3) is 0.471. The van der Waals surface area contributed by atoms with E-state index in [0.29, 0.717) is 38.2 Å². The standard InChI is InChI=1S/C17H23N3O3/c1-19(11-6-12-23-2)17(22)15-9-10-16(21)20(18-15)13-14-7-4-3-5-8-14/h3-5,7-8H,6,9-13H2,1-2H3. The predicted molar refractivity (Wildman–Crippen MR) is 87.8 cm³/mol. The van der Waals surface area contributed by atoms with Crippen LogP contribution in [0.4, 0.5) is 0 Å². The van der Waals surface area contributed by atoms with Crippen molar-refractivity contribution in [1.29, 1.82) is 0 Å². The molecule has 6 heteroatoms. The summed E-state index contributed by atoms with van der Waals surface area (Å²) >= 11 is 0. The summed E-state index contributed by atoms with van der Waals surface area (Å²) in [5, 5.41) is 5.68. The molecule has 23 heavy (non-hydrogen) atoms. The molecule has 6 nitrogen and oxygen atoms in total. The fourth-order valence-corrected chi connectivity index (χ4v) is 2.40. The van der Waals surface area contributed by atoms with E-state index in [-0.39, 0.29) is 11.8 Å². The van der Waals surface area contributed by atoms with Gasteiger partial charge in [0.15, 0.2) is 0 Å². The molecule has 1 aliphatic rings. The Labute approximate surface area is 136 Å². The molecule has 1 aromatic rings. The van der Waals surface area contributed by atoms with Gasteiger partial charge < -0.3 is 9.64 Å². The first-order valence-corrected chi connectivity index (χ1v) is 7.78. The second kappa shape index (κ2) is 8.43. The van der Waals surface area contributed by atoms with Gasteiger partial charge in [-0.05, 0) is 12.0 Å². The minimum atomic E-state index is -0.119. The van der Waals surface area contributed by atoms with Crippen LogP contribution in [0, 0.1) is 0 Å². The number of methoxy groups -OCH3 is 1. The van der Waals surface area contributed by atoms with Crippen LogP contribution in [0.15, 0.2) is 35.4 Å². The number of amides is 2. The van der Waals surface area contributed by atoms with E-state index < -0.39 is 0 Å². The van der Waals surface area contributed by atoms with E-state index in [0.717, 1.165) is 12.0 Å². The smallest absolute Gasteiger partial charge is 0.269 e. The van der Waals surface area contributed by atoms with Crippen molar-refractivity contribution in [2.45, 2.75) is 25.8 Å². The number of hydrazone groups is 1. The maximum atomic E-state index is 12.4. The fourth-order valence-electron chi connectivity index (χ4n) is 2.40. The molecule has 1 aliphatic heterocycles. The molecule has 0 atom stereocenters. The minimum Gasteiger partial charge on any atom is -0.385 e. The van der Waals surface area contributed by atoms with Gasteiger partial charge in [0.2, 0.25) is 5.91 Å². The van der Waals surface area contributed by atoms with Gasteiger partial charge in [-0.3, -0.25) is 9.59 Å². The van der Waals surface area contributed by atoms with Crippen LogP contribution in [-0.4, -0.2) is 54.7 Å². The largest absolute Gasteiger partial charge is 0.385 e. The van der Waals surface area contributed by atoms with E-state index >= 15 is 0 Å². The second-order valence-corrected chi connectivity index (χ2v) is 5.56. The molecule has 0 saturated heterocycles.